The van der Waals surface area contributed by atoms with Crippen LogP contribution in [0.3, 0.4) is 0 Å². The fourth-order valence-corrected chi connectivity index (χ4v) is 3.31. The fourth-order valence-electron chi connectivity index (χ4n) is 2.16. The lowest BCUT2D eigenvalue weighted by molar-refractivity contribution is 0.413. The third-order valence-electron chi connectivity index (χ3n) is 3.03. The number of nitrogens with one attached hydrogen (secondary N) is 1. The summed E-state index contributed by atoms with van der Waals surface area (Å²) >= 11 is 11.2. The van der Waals surface area contributed by atoms with E-state index in [4.69, 9.17) is 17.0 Å². The first-order valence-electron chi connectivity index (χ1n) is 5.84. The van der Waals surface area contributed by atoms with Gasteiger partial charge in [0.05, 0.1) is 23.8 Å². The van der Waals surface area contributed by atoms with Gasteiger partial charge in [0, 0.05) is 8.04 Å². The zero-order valence-corrected chi connectivity index (χ0v) is 15.0. The number of methoxy groups -OCH3 is 1. The summed E-state index contributed by atoms with van der Waals surface area (Å²) in [4.78, 5) is 3.24. The highest BCUT2D eigenvalue weighted by atomic mass is 127. The molecule has 1 heterocycles. The number of hydrogen-bond donors (Lipinski definition) is 1. The van der Waals surface area contributed by atoms with E-state index in [-0.39, 0.29) is 0 Å². The van der Waals surface area contributed by atoms with Gasteiger partial charge >= 0.3 is 0 Å². The molecule has 6 heteroatoms. The Kier molecular flexibility index (Phi) is 3.87. The highest BCUT2D eigenvalue weighted by Crippen LogP contribution is 2.30. The SMILES string of the molecule is COc1ccc(Br)cc1-n1c(=S)[nH]c2cc(I)ccc21. The average molecular weight is 461 g/mol. The number of hydrogen-bond acceptors (Lipinski definition) is 2. The van der Waals surface area contributed by atoms with E-state index in [1.807, 2.05) is 22.8 Å². The van der Waals surface area contributed by atoms with Gasteiger partial charge in [-0.2, -0.15) is 0 Å². The molecule has 0 unspecified atom stereocenters. The van der Waals surface area contributed by atoms with Gasteiger partial charge in [0.2, 0.25) is 0 Å². The first kappa shape index (κ1) is 14.1. The maximum Gasteiger partial charge on any atom is 0.182 e. The van der Waals surface area contributed by atoms with Crippen molar-refractivity contribution in [2.75, 3.05) is 7.11 Å². The molecule has 0 saturated heterocycles. The monoisotopic (exact) mass is 460 g/mol. The molecular formula is C14H10BrIN2OS. The first-order valence-corrected chi connectivity index (χ1v) is 8.12. The number of aromatic nitrogens is 2. The van der Waals surface area contributed by atoms with Crippen LogP contribution >= 0.6 is 50.7 Å². The minimum absolute atomic E-state index is 0.651. The fraction of sp³-hybridized carbons (Fsp3) is 0.0714. The molecule has 3 aromatic rings. The molecule has 2 aromatic carbocycles. The quantitative estimate of drug-likeness (QED) is 0.427. The lowest BCUT2D eigenvalue weighted by Gasteiger charge is -2.11. The van der Waals surface area contributed by atoms with Gasteiger partial charge in [0.25, 0.3) is 0 Å². The number of nitrogens with zero attached hydrogens (tertiary/aromatic N) is 1. The lowest BCUT2D eigenvalue weighted by Crippen LogP contribution is -1.98. The highest BCUT2D eigenvalue weighted by molar-refractivity contribution is 14.1. The normalized spacial score (nSPS) is 10.9. The van der Waals surface area contributed by atoms with Gasteiger partial charge in [-0.05, 0) is 71.2 Å². The Hall–Kier alpha value is -0.860. The summed E-state index contributed by atoms with van der Waals surface area (Å²) in [7, 11) is 1.66. The molecule has 3 nitrogen and oxygen atoms in total. The van der Waals surface area contributed by atoms with E-state index in [9.17, 15) is 0 Å². The van der Waals surface area contributed by atoms with Crippen molar-refractivity contribution in [2.45, 2.75) is 0 Å². The average Bonchev–Trinajstić information content (AvgIpc) is 2.73. The molecule has 3 rings (SSSR count). The summed E-state index contributed by atoms with van der Waals surface area (Å²) in [5, 5.41) is 0. The van der Waals surface area contributed by atoms with E-state index >= 15 is 0 Å². The zero-order valence-electron chi connectivity index (χ0n) is 10.5. The zero-order chi connectivity index (χ0) is 14.3. The van der Waals surface area contributed by atoms with Crippen molar-refractivity contribution in [3.63, 3.8) is 0 Å². The summed E-state index contributed by atoms with van der Waals surface area (Å²) in [5.74, 6) is 0.781. The van der Waals surface area contributed by atoms with E-state index in [1.54, 1.807) is 7.11 Å². The molecule has 0 aliphatic carbocycles. The van der Waals surface area contributed by atoms with E-state index in [0.717, 1.165) is 26.9 Å². The second kappa shape index (κ2) is 5.50. The van der Waals surface area contributed by atoms with Crippen LogP contribution in [0.25, 0.3) is 16.7 Å². The van der Waals surface area contributed by atoms with Crippen molar-refractivity contribution in [2.24, 2.45) is 0 Å². The van der Waals surface area contributed by atoms with Gasteiger partial charge in [0.15, 0.2) is 4.77 Å². The molecule has 1 aromatic heterocycles. The predicted molar refractivity (Wildman–Crippen MR) is 95.4 cm³/mol. The molecule has 0 aliphatic rings. The molecule has 0 atom stereocenters. The molecule has 0 saturated carbocycles. The number of fused-ring (bicyclic) bond motifs is 1. The second-order valence-corrected chi connectivity index (χ2v) is 6.79. The van der Waals surface area contributed by atoms with Crippen molar-refractivity contribution >= 4 is 61.8 Å². The Balaban J connectivity index is 2.37. The maximum absolute atomic E-state index is 5.46. The second-order valence-electron chi connectivity index (χ2n) is 4.24. The van der Waals surface area contributed by atoms with Crippen LogP contribution < -0.4 is 4.74 Å². The summed E-state index contributed by atoms with van der Waals surface area (Å²) < 4.78 is 10.2. The maximum atomic E-state index is 5.46. The van der Waals surface area contributed by atoms with Crippen LogP contribution in [0.4, 0.5) is 0 Å². The van der Waals surface area contributed by atoms with Crippen LogP contribution in [-0.2, 0) is 0 Å². The molecule has 0 fully saturated rings. The van der Waals surface area contributed by atoms with Gasteiger partial charge in [-0.1, -0.05) is 15.9 Å². The van der Waals surface area contributed by atoms with Gasteiger partial charge in [-0.15, -0.1) is 0 Å². The topological polar surface area (TPSA) is 29.9 Å². The van der Waals surface area contributed by atoms with Crippen molar-refractivity contribution < 1.29 is 4.74 Å². The molecule has 1 N–H and O–H groups in total. The summed E-state index contributed by atoms with van der Waals surface area (Å²) in [6.45, 7) is 0. The molecule has 0 bridgehead atoms. The molecular weight excluding hydrogens is 451 g/mol. The lowest BCUT2D eigenvalue weighted by atomic mass is 10.2. The van der Waals surface area contributed by atoms with Crippen molar-refractivity contribution in [1.82, 2.24) is 9.55 Å². The Bertz CT molecular complexity index is 856. The van der Waals surface area contributed by atoms with Crippen LogP contribution in [0.5, 0.6) is 5.75 Å². The number of ether oxygens (including phenoxy) is 1. The molecule has 0 spiro atoms. The van der Waals surface area contributed by atoms with E-state index < -0.39 is 0 Å². The Morgan fingerprint density at radius 3 is 2.80 bits per heavy atom. The molecule has 102 valence electrons. The van der Waals surface area contributed by atoms with Crippen molar-refractivity contribution in [3.05, 3.63) is 49.2 Å². The van der Waals surface area contributed by atoms with E-state index in [1.165, 1.54) is 3.57 Å². The standard InChI is InChI=1S/C14H10BrIN2OS/c1-19-13-5-2-8(15)6-12(13)18-11-4-3-9(16)7-10(11)17-14(18)20/h2-7H,1H3,(H,17,20). The molecule has 0 amide bonds. The van der Waals surface area contributed by atoms with Crippen LogP contribution in [0, 0.1) is 8.34 Å². The number of benzene rings is 2. The van der Waals surface area contributed by atoms with Crippen LogP contribution in [0.15, 0.2) is 40.9 Å². The van der Waals surface area contributed by atoms with Crippen molar-refractivity contribution in [1.29, 1.82) is 0 Å². The first-order chi connectivity index (χ1) is 9.60. The largest absolute Gasteiger partial charge is 0.495 e. The third kappa shape index (κ3) is 2.40. The van der Waals surface area contributed by atoms with E-state index in [2.05, 4.69) is 61.7 Å². The van der Waals surface area contributed by atoms with Crippen LogP contribution in [-0.4, -0.2) is 16.7 Å². The van der Waals surface area contributed by atoms with Crippen LogP contribution in [0.2, 0.25) is 0 Å². The number of halogens is 2. The van der Waals surface area contributed by atoms with Gasteiger partial charge in [-0.3, -0.25) is 4.57 Å². The van der Waals surface area contributed by atoms with Gasteiger partial charge < -0.3 is 9.72 Å². The number of rotatable bonds is 2. The molecule has 0 radical (unpaired) electrons. The van der Waals surface area contributed by atoms with Gasteiger partial charge in [-0.25, -0.2) is 0 Å². The van der Waals surface area contributed by atoms with Crippen molar-refractivity contribution in [3.8, 4) is 11.4 Å². The number of aromatic amines is 1. The minimum Gasteiger partial charge on any atom is -0.495 e. The molecule has 20 heavy (non-hydrogen) atoms. The number of imidazole rings is 1. The number of H-pyrrole nitrogens is 1. The van der Waals surface area contributed by atoms with Gasteiger partial charge in [0.1, 0.15) is 5.75 Å². The Morgan fingerprint density at radius 2 is 2.05 bits per heavy atom. The molecule has 0 aliphatic heterocycles. The highest BCUT2D eigenvalue weighted by Gasteiger charge is 2.12. The summed E-state index contributed by atoms with van der Waals surface area (Å²) in [5.41, 5.74) is 2.97. The smallest absolute Gasteiger partial charge is 0.182 e. The predicted octanol–water partition coefficient (Wildman–Crippen LogP) is 5.06. The summed E-state index contributed by atoms with van der Waals surface area (Å²) in [6, 6.07) is 12.1. The third-order valence-corrected chi connectivity index (χ3v) is 4.47. The van der Waals surface area contributed by atoms with E-state index in [0.29, 0.717) is 4.77 Å². The van der Waals surface area contributed by atoms with Crippen LogP contribution in [0.1, 0.15) is 0 Å². The Morgan fingerprint density at radius 1 is 1.25 bits per heavy atom. The minimum atomic E-state index is 0.651. The Labute approximate surface area is 143 Å². The summed E-state index contributed by atoms with van der Waals surface area (Å²) in [6.07, 6.45) is 0.